The molecule has 0 unspecified atom stereocenters. The molecule has 2 aromatic carbocycles. The Kier molecular flexibility index (Phi) is 6.45. The Morgan fingerprint density at radius 3 is 2.67 bits per heavy atom. The van der Waals surface area contributed by atoms with E-state index in [1.807, 2.05) is 0 Å². The molecule has 1 heterocycles. The summed E-state index contributed by atoms with van der Waals surface area (Å²) < 4.78 is 10.4. The summed E-state index contributed by atoms with van der Waals surface area (Å²) in [5.41, 5.74) is 1.67. The average Bonchev–Trinajstić information content (AvgIpc) is 3.17. The van der Waals surface area contributed by atoms with Gasteiger partial charge in [-0.2, -0.15) is 4.98 Å². The van der Waals surface area contributed by atoms with Crippen molar-refractivity contribution in [2.24, 2.45) is 0 Å². The lowest BCUT2D eigenvalue weighted by molar-refractivity contribution is -0.116. The average molecular weight is 404 g/mol. The highest BCUT2D eigenvalue weighted by Gasteiger charge is 2.15. The normalized spacial score (nSPS) is 10.2. The second-order valence-corrected chi connectivity index (χ2v) is 6.48. The van der Waals surface area contributed by atoms with E-state index < -0.39 is 0 Å². The van der Waals surface area contributed by atoms with Crippen LogP contribution in [0.3, 0.4) is 0 Å². The minimum atomic E-state index is -0.324. The quantitative estimate of drug-likeness (QED) is 0.608. The molecule has 0 bridgehead atoms. The first-order valence-corrected chi connectivity index (χ1v) is 9.08. The molecule has 0 aliphatic heterocycles. The molecule has 30 heavy (non-hydrogen) atoms. The molecule has 1 aromatic heterocycles. The van der Waals surface area contributed by atoms with Gasteiger partial charge in [0.2, 0.25) is 17.6 Å². The number of nitrogens with one attached hydrogen (secondary N) is 1. The number of rotatable bonds is 7. The van der Waals surface area contributed by atoms with Crippen molar-refractivity contribution >= 4 is 17.5 Å². The van der Waals surface area contributed by atoms with Gasteiger partial charge in [0.1, 0.15) is 5.75 Å². The standard InChI is InChI=1S/C22H20N4O4/c1-4-16-6-5-7-18(12-16)24-21(27)13-26(3)22(28)17-8-10-19(11-9-17)29-14-20-23-15(2)30-25-20/h1,5-12H,13-14H2,2-3H3,(H,24,27). The van der Waals surface area contributed by atoms with E-state index in [1.54, 1.807) is 62.5 Å². The summed E-state index contributed by atoms with van der Waals surface area (Å²) in [5.74, 6) is 3.35. The number of aryl methyl sites for hydroxylation is 1. The molecular weight excluding hydrogens is 384 g/mol. The first-order valence-electron chi connectivity index (χ1n) is 9.08. The smallest absolute Gasteiger partial charge is 0.254 e. The number of nitrogens with zero attached hydrogens (tertiary/aromatic N) is 3. The van der Waals surface area contributed by atoms with E-state index in [0.29, 0.717) is 34.3 Å². The van der Waals surface area contributed by atoms with Crippen molar-refractivity contribution in [1.82, 2.24) is 15.0 Å². The zero-order valence-electron chi connectivity index (χ0n) is 16.6. The van der Waals surface area contributed by atoms with Gasteiger partial charge in [-0.05, 0) is 42.5 Å². The topological polar surface area (TPSA) is 97.6 Å². The third-order valence-corrected chi connectivity index (χ3v) is 4.08. The van der Waals surface area contributed by atoms with Gasteiger partial charge in [0.05, 0.1) is 6.54 Å². The monoisotopic (exact) mass is 404 g/mol. The molecule has 1 N–H and O–H groups in total. The van der Waals surface area contributed by atoms with E-state index in [2.05, 4.69) is 21.4 Å². The second-order valence-electron chi connectivity index (χ2n) is 6.48. The minimum absolute atomic E-state index is 0.103. The number of carbonyl (C=O) groups is 2. The van der Waals surface area contributed by atoms with Crippen LogP contribution < -0.4 is 10.1 Å². The zero-order chi connectivity index (χ0) is 21.5. The molecule has 3 rings (SSSR count). The molecule has 0 radical (unpaired) electrons. The highest BCUT2D eigenvalue weighted by Crippen LogP contribution is 2.15. The van der Waals surface area contributed by atoms with Gasteiger partial charge in [-0.3, -0.25) is 9.59 Å². The third-order valence-electron chi connectivity index (χ3n) is 4.08. The molecule has 8 nitrogen and oxygen atoms in total. The zero-order valence-corrected chi connectivity index (χ0v) is 16.6. The Bertz CT molecular complexity index is 1080. The number of amides is 2. The molecule has 0 atom stereocenters. The summed E-state index contributed by atoms with van der Waals surface area (Å²) in [4.78, 5) is 30.2. The molecule has 0 spiro atoms. The molecule has 0 saturated carbocycles. The molecule has 0 saturated heterocycles. The molecule has 0 aliphatic rings. The van der Waals surface area contributed by atoms with Crippen molar-refractivity contribution in [2.45, 2.75) is 13.5 Å². The lowest BCUT2D eigenvalue weighted by Gasteiger charge is -2.17. The van der Waals surface area contributed by atoms with Gasteiger partial charge in [-0.15, -0.1) is 6.42 Å². The molecule has 2 amide bonds. The summed E-state index contributed by atoms with van der Waals surface area (Å²) in [6.07, 6.45) is 5.36. The number of hydrogen-bond acceptors (Lipinski definition) is 6. The molecule has 8 heteroatoms. The Balaban J connectivity index is 1.53. The third kappa shape index (κ3) is 5.45. The van der Waals surface area contributed by atoms with Gasteiger partial charge in [-0.1, -0.05) is 17.1 Å². The van der Waals surface area contributed by atoms with E-state index in [4.69, 9.17) is 15.7 Å². The van der Waals surface area contributed by atoms with Crippen LogP contribution in [0.25, 0.3) is 0 Å². The fraction of sp³-hybridized carbons (Fsp3) is 0.182. The van der Waals surface area contributed by atoms with E-state index in [1.165, 1.54) is 4.90 Å². The van der Waals surface area contributed by atoms with Crippen molar-refractivity contribution < 1.29 is 18.8 Å². The van der Waals surface area contributed by atoms with Crippen molar-refractivity contribution in [2.75, 3.05) is 18.9 Å². The fourth-order valence-electron chi connectivity index (χ4n) is 2.64. The van der Waals surface area contributed by atoms with Crippen LogP contribution in [0.2, 0.25) is 0 Å². The number of likely N-dealkylation sites (N-methyl/N-ethyl adjacent to an activating group) is 1. The summed E-state index contributed by atoms with van der Waals surface area (Å²) in [5, 5.41) is 6.48. The van der Waals surface area contributed by atoms with Crippen LogP contribution >= 0.6 is 0 Å². The van der Waals surface area contributed by atoms with Crippen LogP contribution in [-0.4, -0.2) is 40.4 Å². The molecule has 0 aliphatic carbocycles. The van der Waals surface area contributed by atoms with E-state index in [-0.39, 0.29) is 25.0 Å². The second kappa shape index (κ2) is 9.39. The number of benzene rings is 2. The summed E-state index contributed by atoms with van der Waals surface area (Å²) in [6, 6.07) is 13.5. The van der Waals surface area contributed by atoms with Crippen molar-refractivity contribution in [3.05, 3.63) is 71.4 Å². The highest BCUT2D eigenvalue weighted by atomic mass is 16.5. The van der Waals surface area contributed by atoms with Gasteiger partial charge in [0.15, 0.2) is 6.61 Å². The first-order chi connectivity index (χ1) is 14.4. The number of terminal acetylenes is 1. The molecule has 152 valence electrons. The van der Waals surface area contributed by atoms with Crippen molar-refractivity contribution in [1.29, 1.82) is 0 Å². The Hall–Kier alpha value is -4.12. The van der Waals surface area contributed by atoms with Crippen LogP contribution in [0, 0.1) is 19.3 Å². The predicted molar refractivity (Wildman–Crippen MR) is 110 cm³/mol. The fourth-order valence-corrected chi connectivity index (χ4v) is 2.64. The highest BCUT2D eigenvalue weighted by molar-refractivity contribution is 5.99. The Morgan fingerprint density at radius 2 is 2.00 bits per heavy atom. The van der Waals surface area contributed by atoms with Crippen LogP contribution in [0.4, 0.5) is 5.69 Å². The SMILES string of the molecule is C#Cc1cccc(NC(=O)CN(C)C(=O)c2ccc(OCc3noc(C)n3)cc2)c1. The first kappa shape index (κ1) is 20.6. The van der Waals surface area contributed by atoms with Gasteiger partial charge in [0, 0.05) is 30.8 Å². The van der Waals surface area contributed by atoms with Gasteiger partial charge in [0.25, 0.3) is 5.91 Å². The Morgan fingerprint density at radius 1 is 1.23 bits per heavy atom. The number of anilines is 1. The maximum atomic E-state index is 12.6. The van der Waals surface area contributed by atoms with Crippen molar-refractivity contribution in [3.63, 3.8) is 0 Å². The minimum Gasteiger partial charge on any atom is -0.485 e. The number of hydrogen-bond donors (Lipinski definition) is 1. The molecule has 0 fully saturated rings. The van der Waals surface area contributed by atoms with Gasteiger partial charge in [-0.25, -0.2) is 0 Å². The van der Waals surface area contributed by atoms with Crippen LogP contribution in [-0.2, 0) is 11.4 Å². The number of ether oxygens (including phenoxy) is 1. The molecule has 3 aromatic rings. The summed E-state index contributed by atoms with van der Waals surface area (Å²) >= 11 is 0. The van der Waals surface area contributed by atoms with E-state index >= 15 is 0 Å². The summed E-state index contributed by atoms with van der Waals surface area (Å²) in [7, 11) is 1.56. The lowest BCUT2D eigenvalue weighted by atomic mass is 10.2. The van der Waals surface area contributed by atoms with Crippen molar-refractivity contribution in [3.8, 4) is 18.1 Å². The lowest BCUT2D eigenvalue weighted by Crippen LogP contribution is -2.34. The van der Waals surface area contributed by atoms with Crippen LogP contribution in [0.5, 0.6) is 5.75 Å². The maximum Gasteiger partial charge on any atom is 0.254 e. The number of aromatic nitrogens is 2. The Labute approximate surface area is 173 Å². The number of carbonyl (C=O) groups excluding carboxylic acids is 2. The molecular formula is C22H20N4O4. The summed E-state index contributed by atoms with van der Waals surface area (Å²) in [6.45, 7) is 1.75. The van der Waals surface area contributed by atoms with Gasteiger partial charge >= 0.3 is 0 Å². The van der Waals surface area contributed by atoms with E-state index in [9.17, 15) is 9.59 Å². The van der Waals surface area contributed by atoms with Crippen LogP contribution in [0.1, 0.15) is 27.6 Å². The van der Waals surface area contributed by atoms with Crippen LogP contribution in [0.15, 0.2) is 53.1 Å². The maximum absolute atomic E-state index is 12.6. The largest absolute Gasteiger partial charge is 0.485 e. The van der Waals surface area contributed by atoms with E-state index in [0.717, 1.165) is 0 Å². The predicted octanol–water partition coefficient (Wildman–Crippen LogP) is 2.65. The van der Waals surface area contributed by atoms with Gasteiger partial charge < -0.3 is 19.5 Å².